The Hall–Kier alpha value is -3.63. The van der Waals surface area contributed by atoms with Crippen LogP contribution in [0, 0.1) is 5.92 Å². The number of carbonyl (C=O) groups is 3. The zero-order valence-electron chi connectivity index (χ0n) is 22.9. The monoisotopic (exact) mass is 583 g/mol. The van der Waals surface area contributed by atoms with Crippen molar-refractivity contribution in [3.05, 3.63) is 83.2 Å². The number of hydrogen-bond acceptors (Lipinski definition) is 7. The lowest BCUT2D eigenvalue weighted by Gasteiger charge is -2.21. The Bertz CT molecular complexity index is 1340. The van der Waals surface area contributed by atoms with Gasteiger partial charge in [-0.2, -0.15) is 0 Å². The van der Waals surface area contributed by atoms with Gasteiger partial charge in [-0.05, 0) is 49.1 Å². The molecule has 0 unspecified atom stereocenters. The molecule has 0 saturated heterocycles. The van der Waals surface area contributed by atoms with E-state index in [9.17, 15) is 14.4 Å². The highest BCUT2D eigenvalue weighted by Gasteiger charge is 2.25. The van der Waals surface area contributed by atoms with Gasteiger partial charge >= 0.3 is 5.97 Å². The number of anilines is 1. The average Bonchev–Trinajstić information content (AvgIpc) is 3.32. The second kappa shape index (κ2) is 15.2. The lowest BCUT2D eigenvalue weighted by atomic mass is 10.0. The molecule has 1 heterocycles. The molecule has 0 bridgehead atoms. The number of aromatic nitrogens is 3. The van der Waals surface area contributed by atoms with E-state index in [0.717, 1.165) is 6.42 Å². The van der Waals surface area contributed by atoms with Gasteiger partial charge in [0.25, 0.3) is 5.91 Å². The van der Waals surface area contributed by atoms with Gasteiger partial charge < -0.3 is 19.9 Å². The minimum atomic E-state index is -0.436. The van der Waals surface area contributed by atoms with Crippen LogP contribution >= 0.6 is 23.4 Å². The van der Waals surface area contributed by atoms with Crippen molar-refractivity contribution in [2.45, 2.75) is 51.4 Å². The van der Waals surface area contributed by atoms with Crippen LogP contribution in [0.2, 0.25) is 5.02 Å². The number of nitrogens with zero attached hydrogens (tertiary/aromatic N) is 3. The van der Waals surface area contributed by atoms with E-state index in [2.05, 4.69) is 41.3 Å². The molecule has 2 aromatic carbocycles. The third-order valence-electron chi connectivity index (χ3n) is 5.65. The molecule has 0 saturated carbocycles. The van der Waals surface area contributed by atoms with Gasteiger partial charge in [0.05, 0.1) is 34.6 Å². The SMILES string of the molecule is C=CCn1c(SCC(=O)Nc2cccc(C(=O)OCCC)c2)nnc1[C@@H](CC(C)C)NC(=O)c1ccccc1Cl. The van der Waals surface area contributed by atoms with E-state index < -0.39 is 12.0 Å². The summed E-state index contributed by atoms with van der Waals surface area (Å²) in [6, 6.07) is 13.0. The molecule has 1 aromatic heterocycles. The number of esters is 1. The molecule has 1 atom stereocenters. The maximum atomic E-state index is 13.1. The summed E-state index contributed by atoms with van der Waals surface area (Å²) in [6.07, 6.45) is 3.06. The number of nitrogens with one attached hydrogen (secondary N) is 2. The first-order valence-corrected chi connectivity index (χ1v) is 14.4. The Morgan fingerprint density at radius 2 is 1.93 bits per heavy atom. The fourth-order valence-electron chi connectivity index (χ4n) is 3.88. The number of amides is 2. The number of benzene rings is 2. The van der Waals surface area contributed by atoms with Crippen molar-refractivity contribution >= 4 is 46.8 Å². The number of allylic oxidation sites excluding steroid dienone is 1. The van der Waals surface area contributed by atoms with Gasteiger partial charge in [0.15, 0.2) is 11.0 Å². The summed E-state index contributed by atoms with van der Waals surface area (Å²) in [5, 5.41) is 15.4. The molecule has 9 nitrogen and oxygen atoms in total. The fourth-order valence-corrected chi connectivity index (χ4v) is 4.85. The molecule has 11 heteroatoms. The highest BCUT2D eigenvalue weighted by atomic mass is 35.5. The van der Waals surface area contributed by atoms with E-state index in [0.29, 0.717) is 52.4 Å². The van der Waals surface area contributed by atoms with E-state index in [1.807, 2.05) is 11.5 Å². The molecule has 40 heavy (non-hydrogen) atoms. The minimum Gasteiger partial charge on any atom is -0.462 e. The molecule has 0 radical (unpaired) electrons. The topological polar surface area (TPSA) is 115 Å². The largest absolute Gasteiger partial charge is 0.462 e. The minimum absolute atomic E-state index is 0.0562. The quantitative estimate of drug-likeness (QED) is 0.137. The summed E-state index contributed by atoms with van der Waals surface area (Å²) < 4.78 is 7.01. The predicted molar refractivity (Wildman–Crippen MR) is 158 cm³/mol. The van der Waals surface area contributed by atoms with Crippen molar-refractivity contribution in [3.63, 3.8) is 0 Å². The van der Waals surface area contributed by atoms with E-state index in [1.165, 1.54) is 11.8 Å². The van der Waals surface area contributed by atoms with Crippen molar-refractivity contribution in [1.29, 1.82) is 0 Å². The molecule has 0 aliphatic rings. The Morgan fingerprint density at radius 3 is 2.62 bits per heavy atom. The molecule has 212 valence electrons. The number of halogens is 1. The molecular formula is C29H34ClN5O4S. The molecule has 0 spiro atoms. The van der Waals surface area contributed by atoms with Gasteiger partial charge in [0, 0.05) is 12.2 Å². The lowest BCUT2D eigenvalue weighted by molar-refractivity contribution is -0.113. The van der Waals surface area contributed by atoms with E-state index in [-0.39, 0.29) is 23.5 Å². The summed E-state index contributed by atoms with van der Waals surface area (Å²) in [4.78, 5) is 37.9. The predicted octanol–water partition coefficient (Wildman–Crippen LogP) is 5.93. The number of hydrogen-bond donors (Lipinski definition) is 2. The Morgan fingerprint density at radius 1 is 1.15 bits per heavy atom. The summed E-state index contributed by atoms with van der Waals surface area (Å²) in [5.41, 5.74) is 1.23. The third-order valence-corrected chi connectivity index (χ3v) is 6.95. The maximum absolute atomic E-state index is 13.1. The first-order valence-electron chi connectivity index (χ1n) is 13.0. The molecule has 3 rings (SSSR count). The van der Waals surface area contributed by atoms with Gasteiger partial charge in [-0.3, -0.25) is 9.59 Å². The van der Waals surface area contributed by atoms with E-state index >= 15 is 0 Å². The highest BCUT2D eigenvalue weighted by Crippen LogP contribution is 2.26. The molecular weight excluding hydrogens is 550 g/mol. The normalized spacial score (nSPS) is 11.6. The van der Waals surface area contributed by atoms with Crippen molar-refractivity contribution < 1.29 is 19.1 Å². The van der Waals surface area contributed by atoms with Crippen LogP contribution in [0.15, 0.2) is 66.3 Å². The third kappa shape index (κ3) is 8.69. The number of thioether (sulfide) groups is 1. The Balaban J connectivity index is 1.73. The van der Waals surface area contributed by atoms with E-state index in [4.69, 9.17) is 16.3 Å². The van der Waals surface area contributed by atoms with Gasteiger partial charge in [0.2, 0.25) is 5.91 Å². The van der Waals surface area contributed by atoms with Crippen LogP contribution in [0.5, 0.6) is 0 Å². The summed E-state index contributed by atoms with van der Waals surface area (Å²) in [6.45, 7) is 10.6. The van der Waals surface area contributed by atoms with Crippen LogP contribution in [0.3, 0.4) is 0 Å². The Labute approximate surface area is 243 Å². The highest BCUT2D eigenvalue weighted by molar-refractivity contribution is 7.99. The molecule has 0 fully saturated rings. The first kappa shape index (κ1) is 30.9. The standard InChI is InChI=1S/C29H34ClN5O4S/c1-5-14-35-26(24(16-19(3)4)32-27(37)22-12-7-8-13-23(22)30)33-34-29(35)40-18-25(36)31-21-11-9-10-20(17-21)28(38)39-15-6-2/h5,7-13,17,19,24H,1,6,14-16,18H2,2-4H3,(H,31,36)(H,32,37)/t24-/m1/s1. The fraction of sp³-hybridized carbons (Fsp3) is 0.345. The Kier molecular flexibility index (Phi) is 11.8. The zero-order chi connectivity index (χ0) is 29.1. The van der Waals surface area contributed by atoms with Gasteiger partial charge in [-0.1, -0.05) is 68.4 Å². The zero-order valence-corrected chi connectivity index (χ0v) is 24.4. The van der Waals surface area contributed by atoms with Crippen molar-refractivity contribution in [2.24, 2.45) is 5.92 Å². The molecule has 3 aromatic rings. The van der Waals surface area contributed by atoms with Crippen LogP contribution in [0.1, 0.15) is 66.2 Å². The summed E-state index contributed by atoms with van der Waals surface area (Å²) in [7, 11) is 0. The molecule has 2 amide bonds. The molecule has 2 N–H and O–H groups in total. The van der Waals surface area contributed by atoms with Crippen molar-refractivity contribution in [1.82, 2.24) is 20.1 Å². The average molecular weight is 584 g/mol. The lowest BCUT2D eigenvalue weighted by Crippen LogP contribution is -2.32. The first-order chi connectivity index (χ1) is 19.2. The van der Waals surface area contributed by atoms with Crippen molar-refractivity contribution in [2.75, 3.05) is 17.7 Å². The van der Waals surface area contributed by atoms with Crippen LogP contribution < -0.4 is 10.6 Å². The second-order valence-corrected chi connectivity index (χ2v) is 10.8. The summed E-state index contributed by atoms with van der Waals surface area (Å²) >= 11 is 7.46. The smallest absolute Gasteiger partial charge is 0.338 e. The van der Waals surface area contributed by atoms with E-state index in [1.54, 1.807) is 54.6 Å². The number of rotatable bonds is 14. The van der Waals surface area contributed by atoms with Crippen LogP contribution in [-0.4, -0.2) is 44.9 Å². The van der Waals surface area contributed by atoms with Gasteiger partial charge in [0.1, 0.15) is 0 Å². The van der Waals surface area contributed by atoms with Crippen molar-refractivity contribution in [3.8, 4) is 0 Å². The number of carbonyl (C=O) groups excluding carboxylic acids is 3. The number of ether oxygens (including phenoxy) is 1. The summed E-state index contributed by atoms with van der Waals surface area (Å²) in [5.74, 6) is -0.142. The molecule has 0 aliphatic heterocycles. The van der Waals surface area contributed by atoms with Gasteiger partial charge in [-0.25, -0.2) is 4.79 Å². The van der Waals surface area contributed by atoms with Crippen LogP contribution in [-0.2, 0) is 16.1 Å². The second-order valence-electron chi connectivity index (χ2n) is 9.43. The molecule has 0 aliphatic carbocycles. The maximum Gasteiger partial charge on any atom is 0.338 e. The van der Waals surface area contributed by atoms with Crippen LogP contribution in [0.4, 0.5) is 5.69 Å². The van der Waals surface area contributed by atoms with Crippen LogP contribution in [0.25, 0.3) is 0 Å². The van der Waals surface area contributed by atoms with Gasteiger partial charge in [-0.15, -0.1) is 16.8 Å².